The third-order valence-corrected chi connectivity index (χ3v) is 4.60. The second-order valence-electron chi connectivity index (χ2n) is 5.35. The lowest BCUT2D eigenvalue weighted by atomic mass is 10.1. The molecule has 3 nitrogen and oxygen atoms in total. The number of thioether (sulfide) groups is 1. The smallest absolute Gasteiger partial charge is 0.129 e. The van der Waals surface area contributed by atoms with Crippen LogP contribution < -0.4 is 10.2 Å². The van der Waals surface area contributed by atoms with Crippen LogP contribution in [0.15, 0.2) is 30.3 Å². The predicted molar refractivity (Wildman–Crippen MR) is 95.4 cm³/mol. The zero-order valence-corrected chi connectivity index (χ0v) is 14.2. The Morgan fingerprint density at radius 1 is 1.33 bits per heavy atom. The standard InChI is InChI=1S/C17H25N3S/c1-5-18-11-14-10-17(20(3)13(2)12-21-4)19-16-9-7-6-8-15(14)16/h6-10,13,18H,5,11-12H2,1-4H3. The fourth-order valence-corrected chi connectivity index (χ4v) is 3.10. The van der Waals surface area contributed by atoms with Gasteiger partial charge < -0.3 is 10.2 Å². The lowest BCUT2D eigenvalue weighted by Crippen LogP contribution is -2.31. The molecule has 0 aliphatic carbocycles. The number of hydrogen-bond acceptors (Lipinski definition) is 4. The molecule has 2 rings (SSSR count). The van der Waals surface area contributed by atoms with Crippen molar-refractivity contribution in [1.82, 2.24) is 10.3 Å². The predicted octanol–water partition coefficient (Wildman–Crippen LogP) is 3.53. The summed E-state index contributed by atoms with van der Waals surface area (Å²) < 4.78 is 0. The van der Waals surface area contributed by atoms with Gasteiger partial charge in [0.1, 0.15) is 5.82 Å². The van der Waals surface area contributed by atoms with Crippen LogP contribution in [0.1, 0.15) is 19.4 Å². The zero-order chi connectivity index (χ0) is 15.2. The zero-order valence-electron chi connectivity index (χ0n) is 13.4. The number of hydrogen-bond donors (Lipinski definition) is 1. The molecule has 0 aliphatic rings. The summed E-state index contributed by atoms with van der Waals surface area (Å²) in [6.07, 6.45) is 2.15. The van der Waals surface area contributed by atoms with Crippen molar-refractivity contribution in [2.45, 2.75) is 26.4 Å². The first-order chi connectivity index (χ1) is 10.2. The van der Waals surface area contributed by atoms with E-state index in [4.69, 9.17) is 4.98 Å². The fourth-order valence-electron chi connectivity index (χ4n) is 2.40. The molecule has 0 saturated carbocycles. The Balaban J connectivity index is 2.40. The van der Waals surface area contributed by atoms with Gasteiger partial charge in [0, 0.05) is 30.8 Å². The molecule has 0 amide bonds. The molecule has 1 aromatic carbocycles. The van der Waals surface area contributed by atoms with Crippen molar-refractivity contribution in [3.63, 3.8) is 0 Å². The molecule has 21 heavy (non-hydrogen) atoms. The molecule has 1 unspecified atom stereocenters. The normalized spacial score (nSPS) is 12.6. The van der Waals surface area contributed by atoms with Gasteiger partial charge in [-0.2, -0.15) is 11.8 Å². The van der Waals surface area contributed by atoms with Crippen molar-refractivity contribution in [2.24, 2.45) is 0 Å². The fraction of sp³-hybridized carbons (Fsp3) is 0.471. The van der Waals surface area contributed by atoms with E-state index < -0.39 is 0 Å². The number of nitrogens with one attached hydrogen (secondary N) is 1. The molecular weight excluding hydrogens is 278 g/mol. The average Bonchev–Trinajstić information content (AvgIpc) is 2.51. The molecule has 1 atom stereocenters. The molecule has 4 heteroatoms. The lowest BCUT2D eigenvalue weighted by Gasteiger charge is -2.26. The molecule has 0 fully saturated rings. The highest BCUT2D eigenvalue weighted by Gasteiger charge is 2.13. The van der Waals surface area contributed by atoms with Crippen LogP contribution in [0, 0.1) is 0 Å². The van der Waals surface area contributed by atoms with E-state index in [-0.39, 0.29) is 0 Å². The molecule has 114 valence electrons. The van der Waals surface area contributed by atoms with Gasteiger partial charge >= 0.3 is 0 Å². The Bertz CT molecular complexity index is 585. The number of pyridine rings is 1. The first-order valence-corrected chi connectivity index (χ1v) is 8.88. The van der Waals surface area contributed by atoms with E-state index in [1.54, 1.807) is 0 Å². The molecule has 2 aromatic rings. The van der Waals surface area contributed by atoms with Crippen LogP contribution >= 0.6 is 11.8 Å². The Morgan fingerprint density at radius 3 is 2.81 bits per heavy atom. The maximum Gasteiger partial charge on any atom is 0.129 e. The number of rotatable bonds is 7. The van der Waals surface area contributed by atoms with E-state index >= 15 is 0 Å². The third-order valence-electron chi connectivity index (χ3n) is 3.78. The highest BCUT2D eigenvalue weighted by Crippen LogP contribution is 2.24. The molecule has 0 spiro atoms. The average molecular weight is 303 g/mol. The summed E-state index contributed by atoms with van der Waals surface area (Å²) in [5.74, 6) is 2.16. The molecule has 1 heterocycles. The van der Waals surface area contributed by atoms with Crippen LogP contribution in [0.2, 0.25) is 0 Å². The summed E-state index contributed by atoms with van der Waals surface area (Å²) in [6, 6.07) is 11.1. The maximum atomic E-state index is 4.84. The monoisotopic (exact) mass is 303 g/mol. The number of benzene rings is 1. The van der Waals surface area contributed by atoms with E-state index in [9.17, 15) is 0 Å². The highest BCUT2D eigenvalue weighted by molar-refractivity contribution is 7.98. The van der Waals surface area contributed by atoms with Crippen LogP contribution in [-0.2, 0) is 6.54 Å². The van der Waals surface area contributed by atoms with Crippen molar-refractivity contribution in [1.29, 1.82) is 0 Å². The van der Waals surface area contributed by atoms with Crippen LogP contribution in [-0.4, -0.2) is 36.6 Å². The molecule has 1 aromatic heterocycles. The lowest BCUT2D eigenvalue weighted by molar-refractivity contribution is 0.725. The summed E-state index contributed by atoms with van der Waals surface area (Å²) in [4.78, 5) is 7.11. The van der Waals surface area contributed by atoms with Crippen LogP contribution in [0.5, 0.6) is 0 Å². The summed E-state index contributed by atoms with van der Waals surface area (Å²) >= 11 is 1.87. The van der Waals surface area contributed by atoms with E-state index in [0.717, 1.165) is 30.2 Å². The molecule has 1 N–H and O–H groups in total. The van der Waals surface area contributed by atoms with Crippen LogP contribution in [0.4, 0.5) is 5.82 Å². The van der Waals surface area contributed by atoms with Gasteiger partial charge in [-0.15, -0.1) is 0 Å². The van der Waals surface area contributed by atoms with Crippen LogP contribution in [0.3, 0.4) is 0 Å². The first-order valence-electron chi connectivity index (χ1n) is 7.48. The topological polar surface area (TPSA) is 28.2 Å². The van der Waals surface area contributed by atoms with E-state index in [1.807, 2.05) is 11.8 Å². The summed E-state index contributed by atoms with van der Waals surface area (Å²) in [7, 11) is 2.13. The van der Waals surface area contributed by atoms with Crippen molar-refractivity contribution in [2.75, 3.05) is 30.5 Å². The van der Waals surface area contributed by atoms with Gasteiger partial charge in [0.2, 0.25) is 0 Å². The van der Waals surface area contributed by atoms with Gasteiger partial charge in [0.05, 0.1) is 5.52 Å². The van der Waals surface area contributed by atoms with E-state index in [2.05, 4.69) is 67.7 Å². The van der Waals surface area contributed by atoms with Crippen molar-refractivity contribution < 1.29 is 0 Å². The summed E-state index contributed by atoms with van der Waals surface area (Å²) in [5, 5.41) is 4.67. The second-order valence-corrected chi connectivity index (χ2v) is 6.26. The molecule has 0 saturated heterocycles. The van der Waals surface area contributed by atoms with Gasteiger partial charge in [0.25, 0.3) is 0 Å². The van der Waals surface area contributed by atoms with Crippen LogP contribution in [0.25, 0.3) is 10.9 Å². The number of nitrogens with zero attached hydrogens (tertiary/aromatic N) is 2. The Kier molecular flexibility index (Phi) is 5.88. The minimum Gasteiger partial charge on any atom is -0.356 e. The highest BCUT2D eigenvalue weighted by atomic mass is 32.2. The summed E-state index contributed by atoms with van der Waals surface area (Å²) in [6.45, 7) is 6.25. The van der Waals surface area contributed by atoms with Crippen molar-refractivity contribution >= 4 is 28.5 Å². The number of aromatic nitrogens is 1. The van der Waals surface area contributed by atoms with Gasteiger partial charge in [-0.25, -0.2) is 4.98 Å². The molecule has 0 aliphatic heterocycles. The van der Waals surface area contributed by atoms with E-state index in [1.165, 1.54) is 10.9 Å². The number of para-hydroxylation sites is 1. The third kappa shape index (κ3) is 3.89. The Labute approximate surface area is 132 Å². The van der Waals surface area contributed by atoms with E-state index in [0.29, 0.717) is 6.04 Å². The number of anilines is 1. The molecule has 0 radical (unpaired) electrons. The quantitative estimate of drug-likeness (QED) is 0.847. The SMILES string of the molecule is CCNCc1cc(N(C)C(C)CSC)nc2ccccc12. The molecular formula is C17H25N3S. The maximum absolute atomic E-state index is 4.84. The van der Waals surface area contributed by atoms with Gasteiger partial charge in [-0.1, -0.05) is 25.1 Å². The minimum atomic E-state index is 0.473. The van der Waals surface area contributed by atoms with Gasteiger partial charge in [0.15, 0.2) is 0 Å². The second kappa shape index (κ2) is 7.66. The molecule has 0 bridgehead atoms. The number of fused-ring (bicyclic) bond motifs is 1. The summed E-state index contributed by atoms with van der Waals surface area (Å²) in [5.41, 5.74) is 2.40. The van der Waals surface area contributed by atoms with Crippen molar-refractivity contribution in [3.05, 3.63) is 35.9 Å². The Morgan fingerprint density at radius 2 is 2.10 bits per heavy atom. The van der Waals surface area contributed by atoms with Crippen molar-refractivity contribution in [3.8, 4) is 0 Å². The first kappa shape index (κ1) is 16.1. The van der Waals surface area contributed by atoms with Gasteiger partial charge in [-0.3, -0.25) is 0 Å². The minimum absolute atomic E-state index is 0.473. The van der Waals surface area contributed by atoms with Gasteiger partial charge in [-0.05, 0) is 37.4 Å². The Hall–Kier alpha value is -1.26. The largest absolute Gasteiger partial charge is 0.356 e.